The van der Waals surface area contributed by atoms with Crippen molar-refractivity contribution >= 4 is 17.7 Å². The molecule has 0 aliphatic rings. The molecule has 0 aromatic heterocycles. The lowest BCUT2D eigenvalue weighted by atomic mass is 10.1. The maximum absolute atomic E-state index is 11.6. The van der Waals surface area contributed by atoms with Crippen molar-refractivity contribution in [2.75, 3.05) is 6.54 Å². The monoisotopic (exact) mass is 263 g/mol. The second kappa shape index (κ2) is 7.43. The van der Waals surface area contributed by atoms with E-state index in [0.29, 0.717) is 12.1 Å². The first-order valence-corrected chi connectivity index (χ1v) is 6.08. The number of likely N-dealkylation sites (N-methyl/N-ethyl adjacent to an activating group) is 1. The van der Waals surface area contributed by atoms with E-state index in [2.05, 4.69) is 5.32 Å². The molecule has 1 rings (SSSR count). The normalized spacial score (nSPS) is 11.7. The Morgan fingerprint density at radius 1 is 1.21 bits per heavy atom. The van der Waals surface area contributed by atoms with E-state index in [-0.39, 0.29) is 12.2 Å². The maximum Gasteiger partial charge on any atom is 0.345 e. The number of carbonyl (C=O) groups excluding carboxylic acids is 3. The van der Waals surface area contributed by atoms with Crippen LogP contribution in [0, 0.1) is 0 Å². The van der Waals surface area contributed by atoms with Crippen LogP contribution >= 0.6 is 0 Å². The Hall–Kier alpha value is -2.01. The van der Waals surface area contributed by atoms with Crippen LogP contribution < -0.4 is 5.32 Å². The first-order valence-electron chi connectivity index (χ1n) is 6.08. The summed E-state index contributed by atoms with van der Waals surface area (Å²) in [6, 6.07) is 7.62. The minimum Gasteiger partial charge on any atom is -0.389 e. The molecule has 1 atom stereocenters. The van der Waals surface area contributed by atoms with E-state index in [9.17, 15) is 14.4 Å². The predicted molar refractivity (Wildman–Crippen MR) is 69.6 cm³/mol. The largest absolute Gasteiger partial charge is 0.389 e. The van der Waals surface area contributed by atoms with Crippen molar-refractivity contribution in [1.29, 1.82) is 0 Å². The minimum atomic E-state index is -0.713. The molecule has 102 valence electrons. The highest BCUT2D eigenvalue weighted by Crippen LogP contribution is 2.04. The summed E-state index contributed by atoms with van der Waals surface area (Å²) >= 11 is 0. The van der Waals surface area contributed by atoms with Gasteiger partial charge in [0.05, 0.1) is 18.0 Å². The van der Waals surface area contributed by atoms with E-state index in [1.165, 1.54) is 6.92 Å². The summed E-state index contributed by atoms with van der Waals surface area (Å²) in [6.45, 7) is 3.78. The molecule has 0 fully saturated rings. The Labute approximate surface area is 111 Å². The summed E-state index contributed by atoms with van der Waals surface area (Å²) in [7, 11) is 0. The summed E-state index contributed by atoms with van der Waals surface area (Å²) in [6.07, 6.45) is -0.151. The number of ether oxygens (including phenoxy) is 1. The van der Waals surface area contributed by atoms with Crippen LogP contribution in [0.1, 0.15) is 30.6 Å². The molecular weight excluding hydrogens is 246 g/mol. The minimum absolute atomic E-state index is 0.151. The van der Waals surface area contributed by atoms with Gasteiger partial charge in [0.2, 0.25) is 0 Å². The molecule has 1 N–H and O–H groups in total. The van der Waals surface area contributed by atoms with Gasteiger partial charge in [-0.05, 0) is 25.6 Å². The van der Waals surface area contributed by atoms with Crippen molar-refractivity contribution in [3.05, 3.63) is 35.9 Å². The molecule has 1 aromatic rings. The molecule has 0 amide bonds. The van der Waals surface area contributed by atoms with Gasteiger partial charge in [0.25, 0.3) is 0 Å². The Balaban J connectivity index is 2.55. The number of hydrogen-bond acceptors (Lipinski definition) is 5. The average Bonchev–Trinajstić information content (AvgIpc) is 2.39. The molecule has 0 aliphatic carbocycles. The Morgan fingerprint density at radius 2 is 1.84 bits per heavy atom. The van der Waals surface area contributed by atoms with Crippen LogP contribution in [0.15, 0.2) is 30.3 Å². The highest BCUT2D eigenvalue weighted by atomic mass is 16.6. The lowest BCUT2D eigenvalue weighted by Crippen LogP contribution is -2.37. The lowest BCUT2D eigenvalue weighted by molar-refractivity contribution is -0.140. The third-order valence-electron chi connectivity index (χ3n) is 2.53. The van der Waals surface area contributed by atoms with E-state index >= 15 is 0 Å². The number of esters is 2. The summed E-state index contributed by atoms with van der Waals surface area (Å²) in [5.41, 5.74) is 0.304. The van der Waals surface area contributed by atoms with Gasteiger partial charge in [0.15, 0.2) is 0 Å². The number of rotatable bonds is 6. The van der Waals surface area contributed by atoms with Crippen LogP contribution in [0.4, 0.5) is 0 Å². The molecular formula is C14H17NO4. The molecule has 0 heterocycles. The zero-order valence-electron chi connectivity index (χ0n) is 11.0. The molecule has 0 unspecified atom stereocenters. The van der Waals surface area contributed by atoms with E-state index in [0.717, 1.165) is 0 Å². The van der Waals surface area contributed by atoms with Gasteiger partial charge in [-0.15, -0.1) is 0 Å². The van der Waals surface area contributed by atoms with Gasteiger partial charge >= 0.3 is 11.9 Å². The van der Waals surface area contributed by atoms with Gasteiger partial charge < -0.3 is 10.1 Å². The zero-order valence-corrected chi connectivity index (χ0v) is 11.0. The van der Waals surface area contributed by atoms with Gasteiger partial charge in [-0.1, -0.05) is 25.1 Å². The van der Waals surface area contributed by atoms with E-state index < -0.39 is 18.0 Å². The van der Waals surface area contributed by atoms with Gasteiger partial charge in [-0.25, -0.2) is 4.79 Å². The zero-order chi connectivity index (χ0) is 14.3. The molecule has 0 aliphatic heterocycles. The van der Waals surface area contributed by atoms with E-state index in [1.807, 2.05) is 6.92 Å². The third-order valence-corrected chi connectivity index (χ3v) is 2.53. The first-order chi connectivity index (χ1) is 9.04. The second-order valence-corrected chi connectivity index (χ2v) is 4.05. The third kappa shape index (κ3) is 5.01. The van der Waals surface area contributed by atoms with Crippen molar-refractivity contribution in [3.8, 4) is 0 Å². The molecule has 19 heavy (non-hydrogen) atoms. The molecule has 0 spiro atoms. The Kier molecular flexibility index (Phi) is 5.89. The van der Waals surface area contributed by atoms with Gasteiger partial charge in [0.1, 0.15) is 5.78 Å². The summed E-state index contributed by atoms with van der Waals surface area (Å²) in [5.74, 6) is -1.58. The molecule has 0 saturated carbocycles. The van der Waals surface area contributed by atoms with Crippen molar-refractivity contribution in [2.24, 2.45) is 0 Å². The summed E-state index contributed by atoms with van der Waals surface area (Å²) in [4.78, 5) is 34.5. The standard InChI is InChI=1S/C14H17NO4/c1-3-15-12(10(2)16)9-13(17)19-14(18)11-7-5-4-6-8-11/h4-8,12,15H,3,9H2,1-2H3/t12-/m0/s1. The first kappa shape index (κ1) is 15.0. The fraction of sp³-hybridized carbons (Fsp3) is 0.357. The molecule has 5 heteroatoms. The van der Waals surface area contributed by atoms with Crippen LogP contribution in [0.25, 0.3) is 0 Å². The van der Waals surface area contributed by atoms with E-state index in [4.69, 9.17) is 4.74 Å². The van der Waals surface area contributed by atoms with Crippen molar-refractivity contribution in [2.45, 2.75) is 26.3 Å². The fourth-order valence-corrected chi connectivity index (χ4v) is 1.55. The van der Waals surface area contributed by atoms with Crippen molar-refractivity contribution < 1.29 is 19.1 Å². The summed E-state index contributed by atoms with van der Waals surface area (Å²) < 4.78 is 4.69. The van der Waals surface area contributed by atoms with Crippen LogP contribution in [-0.4, -0.2) is 30.3 Å². The van der Waals surface area contributed by atoms with Crippen LogP contribution in [0.2, 0.25) is 0 Å². The van der Waals surface area contributed by atoms with Crippen molar-refractivity contribution in [3.63, 3.8) is 0 Å². The van der Waals surface area contributed by atoms with Gasteiger partial charge in [0, 0.05) is 0 Å². The Morgan fingerprint density at radius 3 is 2.37 bits per heavy atom. The van der Waals surface area contributed by atoms with Crippen molar-refractivity contribution in [1.82, 2.24) is 5.32 Å². The number of ketones is 1. The molecule has 5 nitrogen and oxygen atoms in total. The number of Topliss-reactive ketones (excluding diaryl/α,β-unsaturated/α-hetero) is 1. The lowest BCUT2D eigenvalue weighted by Gasteiger charge is -2.13. The smallest absolute Gasteiger partial charge is 0.345 e. The molecule has 1 aromatic carbocycles. The van der Waals surface area contributed by atoms with Crippen LogP contribution in [0.3, 0.4) is 0 Å². The van der Waals surface area contributed by atoms with Crippen LogP contribution in [-0.2, 0) is 14.3 Å². The SMILES string of the molecule is CCN[C@@H](CC(=O)OC(=O)c1ccccc1)C(C)=O. The highest BCUT2D eigenvalue weighted by molar-refractivity contribution is 5.98. The number of carbonyl (C=O) groups is 3. The fourth-order valence-electron chi connectivity index (χ4n) is 1.55. The van der Waals surface area contributed by atoms with Gasteiger partial charge in [-0.3, -0.25) is 9.59 Å². The topological polar surface area (TPSA) is 72.5 Å². The second-order valence-electron chi connectivity index (χ2n) is 4.05. The number of benzene rings is 1. The molecule has 0 saturated heterocycles. The number of hydrogen-bond donors (Lipinski definition) is 1. The van der Waals surface area contributed by atoms with Crippen LogP contribution in [0.5, 0.6) is 0 Å². The molecule has 0 bridgehead atoms. The average molecular weight is 263 g/mol. The Bertz CT molecular complexity index is 456. The quantitative estimate of drug-likeness (QED) is 0.619. The summed E-state index contributed by atoms with van der Waals surface area (Å²) in [5, 5.41) is 2.86. The predicted octanol–water partition coefficient (Wildman–Crippen LogP) is 1.33. The van der Waals surface area contributed by atoms with Gasteiger partial charge in [-0.2, -0.15) is 0 Å². The highest BCUT2D eigenvalue weighted by Gasteiger charge is 2.20. The van der Waals surface area contributed by atoms with E-state index in [1.54, 1.807) is 30.3 Å². The molecule has 0 radical (unpaired) electrons. The maximum atomic E-state index is 11.6. The number of nitrogens with one attached hydrogen (secondary N) is 1.